The molecule has 5 nitrogen and oxygen atoms in total. The van der Waals surface area contributed by atoms with Crippen molar-refractivity contribution in [2.75, 3.05) is 0 Å². The van der Waals surface area contributed by atoms with E-state index in [1.165, 1.54) is 12.4 Å². The second kappa shape index (κ2) is 4.94. The molecule has 0 saturated heterocycles. The zero-order valence-corrected chi connectivity index (χ0v) is 11.3. The molecule has 0 aliphatic rings. The normalized spacial score (nSPS) is 13.4. The van der Waals surface area contributed by atoms with Crippen molar-refractivity contribution in [3.8, 4) is 12.3 Å². The van der Waals surface area contributed by atoms with Gasteiger partial charge in [0.2, 0.25) is 0 Å². The number of terminal acetylenes is 1. The van der Waals surface area contributed by atoms with E-state index in [1.807, 2.05) is 0 Å². The number of hydrogen-bond acceptors (Lipinski definition) is 3. The largest absolute Gasteiger partial charge is 0.244 e. The van der Waals surface area contributed by atoms with Crippen LogP contribution in [0.1, 0.15) is 12.5 Å². The van der Waals surface area contributed by atoms with Crippen molar-refractivity contribution >= 4 is 34.0 Å². The summed E-state index contributed by atoms with van der Waals surface area (Å²) < 4.78 is 0. The van der Waals surface area contributed by atoms with Crippen LogP contribution in [0.3, 0.4) is 0 Å². The van der Waals surface area contributed by atoms with Crippen LogP contribution in [0.15, 0.2) is 23.6 Å². The Balaban J connectivity index is 2.89. The third-order valence-corrected chi connectivity index (χ3v) is 3.25. The molecule has 0 amide bonds. The third kappa shape index (κ3) is 2.29. The Labute approximate surface area is 119 Å². The Bertz CT molecular complexity index is 746. The average Bonchev–Trinajstić information content (AvgIpc) is 2.39. The lowest BCUT2D eigenvalue weighted by molar-refractivity contribution is 0.654. The van der Waals surface area contributed by atoms with Gasteiger partial charge in [0.25, 0.3) is 0 Å². The molecule has 0 unspecified atom stereocenters. The highest BCUT2D eigenvalue weighted by molar-refractivity contribution is 6.35. The molecule has 0 N–H and O–H groups in total. The van der Waals surface area contributed by atoms with E-state index in [0.29, 0.717) is 16.3 Å². The number of fused-ring (bicyclic) bond motifs is 1. The van der Waals surface area contributed by atoms with Crippen LogP contribution in [0.5, 0.6) is 0 Å². The zero-order chi connectivity index (χ0) is 14.0. The number of pyridine rings is 2. The van der Waals surface area contributed by atoms with Crippen molar-refractivity contribution < 1.29 is 0 Å². The summed E-state index contributed by atoms with van der Waals surface area (Å²) in [4.78, 5) is 10.8. The van der Waals surface area contributed by atoms with Crippen LogP contribution in [0, 0.1) is 12.3 Å². The smallest absolute Gasteiger partial charge is 0.138 e. The summed E-state index contributed by atoms with van der Waals surface area (Å²) in [6, 6.07) is 1.61. The molecule has 2 aromatic heterocycles. The Morgan fingerprint density at radius 3 is 2.74 bits per heavy atom. The molecular weight excluding hydrogens is 285 g/mol. The molecule has 1 atom stereocenters. The van der Waals surface area contributed by atoms with E-state index in [1.54, 1.807) is 13.0 Å². The van der Waals surface area contributed by atoms with E-state index in [2.05, 4.69) is 25.9 Å². The zero-order valence-electron chi connectivity index (χ0n) is 9.80. The van der Waals surface area contributed by atoms with Crippen LogP contribution < -0.4 is 0 Å². The van der Waals surface area contributed by atoms with Gasteiger partial charge in [0.15, 0.2) is 0 Å². The minimum absolute atomic E-state index is 0.281. The Morgan fingerprint density at radius 2 is 2.11 bits per heavy atom. The highest BCUT2D eigenvalue weighted by atomic mass is 35.5. The fourth-order valence-electron chi connectivity index (χ4n) is 1.72. The highest BCUT2D eigenvalue weighted by Gasteiger charge is 2.26. The summed E-state index contributed by atoms with van der Waals surface area (Å²) in [5.41, 5.74) is 8.03. The third-order valence-electron chi connectivity index (χ3n) is 2.74. The lowest BCUT2D eigenvalue weighted by atomic mass is 9.92. The van der Waals surface area contributed by atoms with Gasteiger partial charge in [0, 0.05) is 28.3 Å². The van der Waals surface area contributed by atoms with Crippen LogP contribution in [0.2, 0.25) is 10.3 Å². The van der Waals surface area contributed by atoms with Gasteiger partial charge in [-0.1, -0.05) is 34.2 Å². The number of hydrogen-bond donors (Lipinski definition) is 0. The topological polar surface area (TPSA) is 74.5 Å². The predicted molar refractivity (Wildman–Crippen MR) is 74.9 cm³/mol. The average molecular weight is 292 g/mol. The van der Waals surface area contributed by atoms with Gasteiger partial charge in [-0.05, 0) is 23.9 Å². The Morgan fingerprint density at radius 1 is 1.37 bits per heavy atom. The maximum Gasteiger partial charge on any atom is 0.138 e. The van der Waals surface area contributed by atoms with Crippen molar-refractivity contribution in [3.05, 3.63) is 44.8 Å². The molecule has 94 valence electrons. The van der Waals surface area contributed by atoms with E-state index in [9.17, 15) is 0 Å². The first-order valence-corrected chi connectivity index (χ1v) is 5.91. The molecule has 2 heterocycles. The molecule has 7 heteroatoms. The van der Waals surface area contributed by atoms with E-state index in [-0.39, 0.29) is 10.3 Å². The summed E-state index contributed by atoms with van der Waals surface area (Å²) in [6.07, 6.45) is 8.45. The van der Waals surface area contributed by atoms with Gasteiger partial charge in [0.1, 0.15) is 15.8 Å². The first-order valence-electron chi connectivity index (χ1n) is 5.16. The molecule has 2 rings (SSSR count). The molecular formula is C12H7Cl2N5. The van der Waals surface area contributed by atoms with E-state index in [0.717, 1.165) is 0 Å². The van der Waals surface area contributed by atoms with E-state index < -0.39 is 5.54 Å². The monoisotopic (exact) mass is 291 g/mol. The van der Waals surface area contributed by atoms with Gasteiger partial charge in [-0.15, -0.1) is 6.42 Å². The van der Waals surface area contributed by atoms with Crippen LogP contribution in [-0.2, 0) is 5.54 Å². The van der Waals surface area contributed by atoms with Crippen molar-refractivity contribution in [1.29, 1.82) is 0 Å². The molecule has 0 spiro atoms. The van der Waals surface area contributed by atoms with Crippen LogP contribution >= 0.6 is 23.2 Å². The summed E-state index contributed by atoms with van der Waals surface area (Å²) in [6.45, 7) is 1.62. The first-order chi connectivity index (χ1) is 9.01. The molecule has 0 saturated carbocycles. The SMILES string of the molecule is C#C[C@@](C)(N=[N+]=[N-])c1cnc(Cl)c2cnc(Cl)cc12. The van der Waals surface area contributed by atoms with Crippen LogP contribution in [0.4, 0.5) is 0 Å². The van der Waals surface area contributed by atoms with Gasteiger partial charge in [-0.3, -0.25) is 0 Å². The van der Waals surface area contributed by atoms with E-state index >= 15 is 0 Å². The van der Waals surface area contributed by atoms with Crippen molar-refractivity contribution in [2.45, 2.75) is 12.5 Å². The first kappa shape index (κ1) is 13.4. The van der Waals surface area contributed by atoms with E-state index in [4.69, 9.17) is 35.2 Å². The van der Waals surface area contributed by atoms with Crippen molar-refractivity contribution in [3.63, 3.8) is 0 Å². The van der Waals surface area contributed by atoms with Gasteiger partial charge in [0.05, 0.1) is 0 Å². The number of aromatic nitrogens is 2. The highest BCUT2D eigenvalue weighted by Crippen LogP contribution is 2.34. The Kier molecular flexibility index (Phi) is 3.50. The van der Waals surface area contributed by atoms with Crippen molar-refractivity contribution in [2.24, 2.45) is 5.11 Å². The van der Waals surface area contributed by atoms with Gasteiger partial charge < -0.3 is 0 Å². The minimum Gasteiger partial charge on any atom is -0.244 e. The molecule has 0 aromatic carbocycles. The molecule has 19 heavy (non-hydrogen) atoms. The van der Waals surface area contributed by atoms with Crippen LogP contribution in [0.25, 0.3) is 21.2 Å². The Hall–Kier alpha value is -1.99. The minimum atomic E-state index is -1.17. The molecule has 0 bridgehead atoms. The van der Waals surface area contributed by atoms with Gasteiger partial charge in [-0.25, -0.2) is 9.97 Å². The molecule has 0 fully saturated rings. The molecule has 0 aliphatic carbocycles. The molecule has 0 aliphatic heterocycles. The lowest BCUT2D eigenvalue weighted by Gasteiger charge is -2.19. The van der Waals surface area contributed by atoms with Crippen LogP contribution in [-0.4, -0.2) is 9.97 Å². The predicted octanol–water partition coefficient (Wildman–Crippen LogP) is 4.10. The van der Waals surface area contributed by atoms with Gasteiger partial charge >= 0.3 is 0 Å². The number of azide groups is 1. The summed E-state index contributed by atoms with van der Waals surface area (Å²) in [7, 11) is 0. The number of halogens is 2. The molecule has 2 aromatic rings. The fourth-order valence-corrected chi connectivity index (χ4v) is 2.07. The fraction of sp³-hybridized carbons (Fsp3) is 0.167. The second-order valence-corrected chi connectivity index (χ2v) is 4.67. The summed E-state index contributed by atoms with van der Waals surface area (Å²) in [5.74, 6) is 2.46. The quantitative estimate of drug-likeness (QED) is 0.275. The maximum absolute atomic E-state index is 8.65. The standard InChI is InChI=1S/C12H7Cl2N5/c1-3-12(2,18-19-15)9-6-17-11(14)8-5-16-10(13)4-7(8)9/h1,4-6H,2H3/t12-/m1/s1. The second-order valence-electron chi connectivity index (χ2n) is 3.92. The number of nitrogens with zero attached hydrogens (tertiary/aromatic N) is 5. The number of rotatable bonds is 2. The van der Waals surface area contributed by atoms with Crippen molar-refractivity contribution in [1.82, 2.24) is 9.97 Å². The molecule has 0 radical (unpaired) electrons. The summed E-state index contributed by atoms with van der Waals surface area (Å²) >= 11 is 11.9. The maximum atomic E-state index is 8.65. The van der Waals surface area contributed by atoms with Gasteiger partial charge in [-0.2, -0.15) is 0 Å². The lowest BCUT2D eigenvalue weighted by Crippen LogP contribution is -2.16. The summed E-state index contributed by atoms with van der Waals surface area (Å²) in [5, 5.41) is 5.48.